The molecule has 1 amide bonds. The van der Waals surface area contributed by atoms with Crippen molar-refractivity contribution in [2.24, 2.45) is 4.99 Å². The number of fused-ring (bicyclic) bond motifs is 1. The normalized spacial score (nSPS) is 17.8. The summed E-state index contributed by atoms with van der Waals surface area (Å²) < 4.78 is 4.75. The Morgan fingerprint density at radius 3 is 2.83 bits per heavy atom. The maximum Gasteiger partial charge on any atom is 0.307 e. The molecule has 0 saturated carbocycles. The molecular weight excluding hydrogens is 422 g/mol. The van der Waals surface area contributed by atoms with Gasteiger partial charge in [-0.25, -0.2) is 4.99 Å². The monoisotopic (exact) mass is 441 g/mol. The Labute approximate surface area is 183 Å². The summed E-state index contributed by atoms with van der Waals surface area (Å²) in [5.41, 5.74) is 2.83. The molecule has 0 spiro atoms. The predicted octanol–water partition coefficient (Wildman–Crippen LogP) is 4.56. The van der Waals surface area contributed by atoms with Crippen molar-refractivity contribution in [3.8, 4) is 0 Å². The molecule has 154 valence electrons. The lowest BCUT2D eigenvalue weighted by atomic mass is 10.1. The molecule has 8 heteroatoms. The first-order valence-electron chi connectivity index (χ1n) is 9.49. The molecule has 1 aliphatic rings. The molecule has 3 aromatic rings. The first-order valence-corrected chi connectivity index (χ1v) is 10.7. The van der Waals surface area contributed by atoms with Crippen LogP contribution >= 0.6 is 23.4 Å². The fraction of sp³-hybridized carbons (Fsp3) is 0.227. The minimum Gasteiger partial charge on any atom is -0.469 e. The van der Waals surface area contributed by atoms with Gasteiger partial charge in [0.15, 0.2) is 5.17 Å². The minimum absolute atomic E-state index is 0.0208. The van der Waals surface area contributed by atoms with Gasteiger partial charge >= 0.3 is 5.97 Å². The van der Waals surface area contributed by atoms with Crippen LogP contribution in [-0.4, -0.2) is 45.8 Å². The molecule has 1 atom stereocenters. The number of nitrogens with zero attached hydrogens (tertiary/aromatic N) is 2. The molecule has 1 aliphatic heterocycles. The third-order valence-corrected chi connectivity index (χ3v) is 6.33. The second-order valence-electron chi connectivity index (χ2n) is 6.86. The van der Waals surface area contributed by atoms with Crippen LogP contribution in [0.5, 0.6) is 0 Å². The van der Waals surface area contributed by atoms with Crippen LogP contribution in [0.25, 0.3) is 10.9 Å². The Balaban J connectivity index is 1.58. The average Bonchev–Trinajstić information content (AvgIpc) is 3.27. The predicted molar refractivity (Wildman–Crippen MR) is 120 cm³/mol. The SMILES string of the molecule is COC(=O)C[C@H]1SC(=Nc2ccccc2)N(CCc2c[nH]c3ccc(Cl)cc23)C1=O. The number of aromatic nitrogens is 1. The maximum atomic E-state index is 13.0. The number of halogens is 1. The number of nitrogens with one attached hydrogen (secondary N) is 1. The van der Waals surface area contributed by atoms with Crippen LogP contribution < -0.4 is 0 Å². The van der Waals surface area contributed by atoms with Crippen LogP contribution in [0.4, 0.5) is 5.69 Å². The zero-order chi connectivity index (χ0) is 21.1. The van der Waals surface area contributed by atoms with E-state index in [9.17, 15) is 9.59 Å². The zero-order valence-corrected chi connectivity index (χ0v) is 17.9. The molecule has 1 saturated heterocycles. The van der Waals surface area contributed by atoms with E-state index in [0.717, 1.165) is 22.2 Å². The molecule has 0 aliphatic carbocycles. The first kappa shape index (κ1) is 20.5. The number of methoxy groups -OCH3 is 1. The molecule has 4 rings (SSSR count). The summed E-state index contributed by atoms with van der Waals surface area (Å²) in [6, 6.07) is 15.2. The lowest BCUT2D eigenvalue weighted by molar-refractivity contribution is -0.142. The Morgan fingerprint density at radius 1 is 1.27 bits per heavy atom. The van der Waals surface area contributed by atoms with Crippen LogP contribution in [0.1, 0.15) is 12.0 Å². The smallest absolute Gasteiger partial charge is 0.307 e. The van der Waals surface area contributed by atoms with Gasteiger partial charge in [-0.05, 0) is 42.3 Å². The van der Waals surface area contributed by atoms with Crippen molar-refractivity contribution in [2.75, 3.05) is 13.7 Å². The largest absolute Gasteiger partial charge is 0.469 e. The van der Waals surface area contributed by atoms with Crippen molar-refractivity contribution in [3.05, 3.63) is 65.3 Å². The topological polar surface area (TPSA) is 74.8 Å². The van der Waals surface area contributed by atoms with Crippen molar-refractivity contribution in [1.29, 1.82) is 0 Å². The summed E-state index contributed by atoms with van der Waals surface area (Å²) in [4.78, 5) is 34.3. The number of hydrogen-bond donors (Lipinski definition) is 1. The number of rotatable bonds is 6. The van der Waals surface area contributed by atoms with Gasteiger partial charge in [0, 0.05) is 28.7 Å². The van der Waals surface area contributed by atoms with Crippen LogP contribution in [0.3, 0.4) is 0 Å². The molecule has 1 fully saturated rings. The number of amides is 1. The maximum absolute atomic E-state index is 13.0. The summed E-state index contributed by atoms with van der Waals surface area (Å²) in [7, 11) is 1.32. The standard InChI is InChI=1S/C22H20ClN3O3S/c1-29-20(27)12-19-21(28)26(22(30-19)25-16-5-3-2-4-6-16)10-9-14-13-24-18-8-7-15(23)11-17(14)18/h2-8,11,13,19,24H,9-10,12H2,1H3/t19-/m1/s1. The Bertz CT molecular complexity index is 1110. The number of ether oxygens (including phenoxy) is 1. The summed E-state index contributed by atoms with van der Waals surface area (Å²) >= 11 is 7.45. The van der Waals surface area contributed by atoms with E-state index < -0.39 is 11.2 Å². The van der Waals surface area contributed by atoms with Gasteiger partial charge in [-0.3, -0.25) is 14.5 Å². The van der Waals surface area contributed by atoms with Gasteiger partial charge in [0.2, 0.25) is 5.91 Å². The van der Waals surface area contributed by atoms with Crippen molar-refractivity contribution < 1.29 is 14.3 Å². The van der Waals surface area contributed by atoms with E-state index in [1.807, 2.05) is 54.7 Å². The average molecular weight is 442 g/mol. The number of amidine groups is 1. The van der Waals surface area contributed by atoms with Gasteiger partial charge in [-0.15, -0.1) is 0 Å². The summed E-state index contributed by atoms with van der Waals surface area (Å²) in [5.74, 6) is -0.536. The van der Waals surface area contributed by atoms with E-state index in [4.69, 9.17) is 16.3 Å². The zero-order valence-electron chi connectivity index (χ0n) is 16.3. The molecule has 30 heavy (non-hydrogen) atoms. The number of carbonyl (C=O) groups excluding carboxylic acids is 2. The van der Waals surface area contributed by atoms with E-state index in [0.29, 0.717) is 23.2 Å². The number of esters is 1. The van der Waals surface area contributed by atoms with Gasteiger partial charge < -0.3 is 9.72 Å². The van der Waals surface area contributed by atoms with Crippen LogP contribution in [0.2, 0.25) is 5.02 Å². The van der Waals surface area contributed by atoms with Crippen LogP contribution in [0.15, 0.2) is 59.7 Å². The number of benzene rings is 2. The Hall–Kier alpha value is -2.77. The molecule has 0 unspecified atom stereocenters. The van der Waals surface area contributed by atoms with Gasteiger partial charge in [0.25, 0.3) is 0 Å². The summed E-state index contributed by atoms with van der Waals surface area (Å²) in [6.45, 7) is 0.453. The molecule has 6 nitrogen and oxygen atoms in total. The fourth-order valence-electron chi connectivity index (χ4n) is 3.37. The second-order valence-corrected chi connectivity index (χ2v) is 8.47. The fourth-order valence-corrected chi connectivity index (χ4v) is 4.71. The molecule has 0 bridgehead atoms. The number of aliphatic imine (C=N–C) groups is 1. The van der Waals surface area contributed by atoms with Gasteiger partial charge in [0.1, 0.15) is 5.25 Å². The highest BCUT2D eigenvalue weighted by molar-refractivity contribution is 8.15. The lowest BCUT2D eigenvalue weighted by Gasteiger charge is -2.16. The van der Waals surface area contributed by atoms with Gasteiger partial charge in [-0.1, -0.05) is 41.6 Å². The number of para-hydroxylation sites is 1. The first-order chi connectivity index (χ1) is 14.5. The number of thioether (sulfide) groups is 1. The summed E-state index contributed by atoms with van der Waals surface area (Å²) in [6.07, 6.45) is 2.59. The highest BCUT2D eigenvalue weighted by Gasteiger charge is 2.39. The van der Waals surface area contributed by atoms with E-state index in [2.05, 4.69) is 9.98 Å². The van der Waals surface area contributed by atoms with E-state index in [-0.39, 0.29) is 12.3 Å². The lowest BCUT2D eigenvalue weighted by Crippen LogP contribution is -2.34. The van der Waals surface area contributed by atoms with Crippen LogP contribution in [-0.2, 0) is 20.7 Å². The number of carbonyl (C=O) groups is 2. The number of hydrogen-bond acceptors (Lipinski definition) is 5. The molecule has 1 aromatic heterocycles. The Morgan fingerprint density at radius 2 is 2.07 bits per heavy atom. The van der Waals surface area contributed by atoms with Crippen LogP contribution in [0, 0.1) is 0 Å². The van der Waals surface area contributed by atoms with Gasteiger partial charge in [0.05, 0.1) is 19.2 Å². The quantitative estimate of drug-likeness (QED) is 0.569. The van der Waals surface area contributed by atoms with Crippen molar-refractivity contribution in [1.82, 2.24) is 9.88 Å². The molecule has 2 aromatic carbocycles. The van der Waals surface area contributed by atoms with Crippen molar-refractivity contribution >= 4 is 57.0 Å². The summed E-state index contributed by atoms with van der Waals surface area (Å²) in [5, 5.41) is 1.77. The molecule has 2 heterocycles. The van der Waals surface area contributed by atoms with Crippen molar-refractivity contribution in [3.63, 3.8) is 0 Å². The number of H-pyrrole nitrogens is 1. The van der Waals surface area contributed by atoms with E-state index in [1.165, 1.54) is 18.9 Å². The molecular formula is C22H20ClN3O3S. The molecule has 0 radical (unpaired) electrons. The third kappa shape index (κ3) is 4.37. The van der Waals surface area contributed by atoms with Gasteiger partial charge in [-0.2, -0.15) is 0 Å². The third-order valence-electron chi connectivity index (χ3n) is 4.91. The molecule has 1 N–H and O–H groups in total. The van der Waals surface area contributed by atoms with E-state index in [1.54, 1.807) is 4.90 Å². The highest BCUT2D eigenvalue weighted by Crippen LogP contribution is 2.32. The minimum atomic E-state index is -0.530. The number of aromatic amines is 1. The van der Waals surface area contributed by atoms with Crippen molar-refractivity contribution in [2.45, 2.75) is 18.1 Å². The van der Waals surface area contributed by atoms with E-state index >= 15 is 0 Å². The highest BCUT2D eigenvalue weighted by atomic mass is 35.5. The second kappa shape index (κ2) is 8.93. The Kier molecular flexibility index (Phi) is 6.11.